The van der Waals surface area contributed by atoms with Crippen molar-refractivity contribution < 1.29 is 33.0 Å². The van der Waals surface area contributed by atoms with Crippen LogP contribution in [0, 0.1) is 6.92 Å². The third-order valence-electron chi connectivity index (χ3n) is 5.58. The Morgan fingerprint density at radius 1 is 1.14 bits per heavy atom. The molecule has 4 rings (SSSR count). The fourth-order valence-electron chi connectivity index (χ4n) is 3.64. The number of alkyl halides is 3. The number of carbonyl (C=O) groups excluding carboxylic acids is 1. The number of piperidine rings is 1. The maximum atomic E-state index is 12.9. The molecular weight excluding hydrogens is 483 g/mol. The summed E-state index contributed by atoms with van der Waals surface area (Å²) in [5, 5.41) is 17.8. The van der Waals surface area contributed by atoms with Gasteiger partial charge in [-0.15, -0.1) is 11.3 Å². The highest BCUT2D eigenvalue weighted by Gasteiger charge is 2.38. The van der Waals surface area contributed by atoms with Gasteiger partial charge in [0.1, 0.15) is 0 Å². The number of amides is 1. The molecule has 1 aliphatic heterocycles. The van der Waals surface area contributed by atoms with Crippen LogP contribution in [0.2, 0.25) is 0 Å². The molecule has 0 radical (unpaired) electrons. The molecule has 0 spiro atoms. The van der Waals surface area contributed by atoms with E-state index in [1.807, 2.05) is 56.4 Å². The number of hydrogen-bond acceptors (Lipinski definition) is 6. The average molecular weight is 510 g/mol. The first-order valence-corrected chi connectivity index (χ1v) is 11.7. The van der Waals surface area contributed by atoms with Crippen molar-refractivity contribution in [1.82, 2.24) is 9.88 Å². The van der Waals surface area contributed by atoms with Crippen molar-refractivity contribution in [3.05, 3.63) is 58.6 Å². The summed E-state index contributed by atoms with van der Waals surface area (Å²) in [5.41, 5.74) is 3.72. The number of carbonyl (C=O) groups is 2. The lowest BCUT2D eigenvalue weighted by molar-refractivity contribution is -0.192. The molecule has 2 heterocycles. The number of nitrogens with zero attached hydrogens (tertiary/aromatic N) is 3. The highest BCUT2D eigenvalue weighted by Crippen LogP contribution is 2.27. The molecule has 1 aromatic heterocycles. The average Bonchev–Trinajstić information content (AvgIpc) is 3.19. The number of fused-ring (bicyclic) bond motifs is 1. The van der Waals surface area contributed by atoms with E-state index in [1.165, 1.54) is 5.56 Å². The van der Waals surface area contributed by atoms with Crippen LogP contribution in [-0.4, -0.2) is 64.4 Å². The molecule has 0 bridgehead atoms. The molecule has 0 atom stereocenters. The van der Waals surface area contributed by atoms with Gasteiger partial charge in [-0.25, -0.2) is 9.78 Å². The van der Waals surface area contributed by atoms with Crippen molar-refractivity contribution in [3.63, 3.8) is 0 Å². The Morgan fingerprint density at radius 3 is 2.31 bits per heavy atom. The molecular formula is C24H26F3N3O4S. The molecule has 0 saturated carbocycles. The third-order valence-corrected chi connectivity index (χ3v) is 6.51. The zero-order valence-electron chi connectivity index (χ0n) is 19.2. The van der Waals surface area contributed by atoms with Crippen molar-refractivity contribution in [2.75, 3.05) is 25.0 Å². The lowest BCUT2D eigenvalue weighted by atomic mass is 10.1. The minimum Gasteiger partial charge on any atom is -0.475 e. The number of rotatable bonds is 4. The van der Waals surface area contributed by atoms with E-state index in [-0.39, 0.29) is 12.0 Å². The van der Waals surface area contributed by atoms with Gasteiger partial charge in [0.15, 0.2) is 0 Å². The van der Waals surface area contributed by atoms with Crippen LogP contribution in [-0.2, 0) is 11.3 Å². The summed E-state index contributed by atoms with van der Waals surface area (Å²) >= 11 is 1.64. The monoisotopic (exact) mass is 509 g/mol. The summed E-state index contributed by atoms with van der Waals surface area (Å²) in [6, 6.07) is 13.8. The van der Waals surface area contributed by atoms with E-state index in [2.05, 4.69) is 9.88 Å². The number of aliphatic hydroxyl groups is 1. The van der Waals surface area contributed by atoms with Crippen LogP contribution in [0.25, 0.3) is 10.2 Å². The van der Waals surface area contributed by atoms with Gasteiger partial charge in [-0.1, -0.05) is 12.1 Å². The van der Waals surface area contributed by atoms with E-state index < -0.39 is 12.1 Å². The van der Waals surface area contributed by atoms with Crippen LogP contribution in [0.1, 0.15) is 33.8 Å². The fourth-order valence-corrected chi connectivity index (χ4v) is 4.50. The van der Waals surface area contributed by atoms with Crippen LogP contribution in [0.3, 0.4) is 0 Å². The van der Waals surface area contributed by atoms with E-state index >= 15 is 0 Å². The fraction of sp³-hybridized carbons (Fsp3) is 0.375. The number of benzene rings is 2. The number of likely N-dealkylation sites (tertiary alicyclic amines) is 1. The molecule has 2 aromatic carbocycles. The second-order valence-corrected chi connectivity index (χ2v) is 9.49. The molecule has 1 fully saturated rings. The Bertz CT molecular complexity index is 1170. The SMILES string of the molecule is Cc1nc2ccc(N(C)C(=O)c3ccc(CN4CCC(O)CC4)cc3)cc2s1.O=C(O)C(F)(F)F. The highest BCUT2D eigenvalue weighted by molar-refractivity contribution is 7.18. The van der Waals surface area contributed by atoms with E-state index in [0.717, 1.165) is 53.4 Å². The number of hydrogen-bond donors (Lipinski definition) is 2. The molecule has 0 aliphatic carbocycles. The van der Waals surface area contributed by atoms with Crippen LogP contribution < -0.4 is 4.90 Å². The van der Waals surface area contributed by atoms with E-state index in [4.69, 9.17) is 9.90 Å². The Kier molecular flexibility index (Phi) is 8.47. The Morgan fingerprint density at radius 2 is 1.74 bits per heavy atom. The van der Waals surface area contributed by atoms with Crippen LogP contribution in [0.5, 0.6) is 0 Å². The van der Waals surface area contributed by atoms with Crippen molar-refractivity contribution in [3.8, 4) is 0 Å². The molecule has 1 saturated heterocycles. The number of halogens is 3. The molecule has 1 amide bonds. The number of aliphatic hydroxyl groups excluding tert-OH is 1. The van der Waals surface area contributed by atoms with E-state index in [1.54, 1.807) is 16.2 Å². The second-order valence-electron chi connectivity index (χ2n) is 8.26. The number of aryl methyl sites for hydroxylation is 1. The summed E-state index contributed by atoms with van der Waals surface area (Å²) in [6.45, 7) is 4.69. The van der Waals surface area contributed by atoms with Gasteiger partial charge in [0.25, 0.3) is 5.91 Å². The van der Waals surface area contributed by atoms with Gasteiger partial charge < -0.3 is 15.1 Å². The van der Waals surface area contributed by atoms with Gasteiger partial charge in [-0.05, 0) is 55.7 Å². The number of aliphatic carboxylic acids is 1. The maximum Gasteiger partial charge on any atom is 0.490 e. The van der Waals surface area contributed by atoms with Crippen LogP contribution >= 0.6 is 11.3 Å². The molecule has 188 valence electrons. The van der Waals surface area contributed by atoms with E-state index in [0.29, 0.717) is 5.56 Å². The smallest absolute Gasteiger partial charge is 0.475 e. The standard InChI is InChI=1S/C22H25N3O2S.C2HF3O2/c1-15-23-20-8-7-18(13-21(20)28-15)24(2)22(27)17-5-3-16(4-6-17)14-25-11-9-19(26)10-12-25;3-2(4,5)1(6)7/h3-8,13,19,26H,9-12,14H2,1-2H3;(H,6,7). The first-order valence-electron chi connectivity index (χ1n) is 10.9. The first kappa shape index (κ1) is 26.6. The van der Waals surface area contributed by atoms with Gasteiger partial charge in [0, 0.05) is 37.9 Å². The van der Waals surface area contributed by atoms with Crippen LogP contribution in [0.15, 0.2) is 42.5 Å². The van der Waals surface area contributed by atoms with Gasteiger partial charge in [-0.3, -0.25) is 9.69 Å². The Labute approximate surface area is 204 Å². The summed E-state index contributed by atoms with van der Waals surface area (Å²) in [5.74, 6) is -2.78. The van der Waals surface area contributed by atoms with Crippen molar-refractivity contribution in [2.24, 2.45) is 0 Å². The molecule has 2 N–H and O–H groups in total. The zero-order chi connectivity index (χ0) is 25.8. The zero-order valence-corrected chi connectivity index (χ0v) is 20.1. The molecule has 7 nitrogen and oxygen atoms in total. The Balaban J connectivity index is 0.000000429. The van der Waals surface area contributed by atoms with Gasteiger partial charge in [0.05, 0.1) is 21.3 Å². The first-order chi connectivity index (χ1) is 16.4. The summed E-state index contributed by atoms with van der Waals surface area (Å²) in [7, 11) is 1.81. The minimum absolute atomic E-state index is 0.0202. The second kappa shape index (κ2) is 11.1. The van der Waals surface area contributed by atoms with Gasteiger partial charge in [0.2, 0.25) is 0 Å². The third kappa shape index (κ3) is 7.23. The number of thiazole rings is 1. The topological polar surface area (TPSA) is 94.0 Å². The summed E-state index contributed by atoms with van der Waals surface area (Å²) in [6.07, 6.45) is -3.56. The molecule has 3 aromatic rings. The van der Waals surface area contributed by atoms with Gasteiger partial charge in [-0.2, -0.15) is 13.2 Å². The predicted octanol–water partition coefficient (Wildman–Crippen LogP) is 4.47. The van der Waals surface area contributed by atoms with Crippen molar-refractivity contribution in [1.29, 1.82) is 0 Å². The number of carboxylic acid groups (broad SMARTS) is 1. The highest BCUT2D eigenvalue weighted by atomic mass is 32.1. The summed E-state index contributed by atoms with van der Waals surface area (Å²) < 4.78 is 32.8. The maximum absolute atomic E-state index is 12.9. The molecule has 11 heteroatoms. The summed E-state index contributed by atoms with van der Waals surface area (Å²) in [4.78, 5) is 30.3. The number of anilines is 1. The van der Waals surface area contributed by atoms with Crippen molar-refractivity contribution >= 4 is 39.1 Å². The Hall–Kier alpha value is -3.02. The lowest BCUT2D eigenvalue weighted by Crippen LogP contribution is -2.35. The largest absolute Gasteiger partial charge is 0.490 e. The van der Waals surface area contributed by atoms with Crippen LogP contribution in [0.4, 0.5) is 18.9 Å². The normalized spacial score (nSPS) is 14.9. The van der Waals surface area contributed by atoms with Crippen molar-refractivity contribution in [2.45, 2.75) is 38.6 Å². The minimum atomic E-state index is -5.08. The molecule has 0 unspecified atom stereocenters. The molecule has 35 heavy (non-hydrogen) atoms. The lowest BCUT2D eigenvalue weighted by Gasteiger charge is -2.29. The number of aromatic nitrogens is 1. The van der Waals surface area contributed by atoms with E-state index in [9.17, 15) is 23.1 Å². The predicted molar refractivity (Wildman–Crippen MR) is 128 cm³/mol. The van der Waals surface area contributed by atoms with Gasteiger partial charge >= 0.3 is 12.1 Å². The molecule has 1 aliphatic rings. The number of carboxylic acids is 1. The quantitative estimate of drug-likeness (QED) is 0.539.